The van der Waals surface area contributed by atoms with Crippen LogP contribution in [0.2, 0.25) is 0 Å². The van der Waals surface area contributed by atoms with Gasteiger partial charge in [0, 0.05) is 29.6 Å². The summed E-state index contributed by atoms with van der Waals surface area (Å²) in [5.74, 6) is -0.0109. The molecule has 0 bridgehead atoms. The summed E-state index contributed by atoms with van der Waals surface area (Å²) >= 11 is 1.67. The van der Waals surface area contributed by atoms with Gasteiger partial charge in [0.1, 0.15) is 0 Å². The van der Waals surface area contributed by atoms with Crippen molar-refractivity contribution in [2.24, 2.45) is 0 Å². The highest BCUT2D eigenvalue weighted by Crippen LogP contribution is 2.14. The average molecular weight is 252 g/mol. The molecular formula is C13H20N2OS. The Hall–Kier alpha value is -1.00. The molecule has 0 aliphatic heterocycles. The maximum atomic E-state index is 11.7. The quantitative estimate of drug-likeness (QED) is 0.602. The van der Waals surface area contributed by atoms with Crippen molar-refractivity contribution in [2.45, 2.75) is 24.8 Å². The SMILES string of the molecule is CSc1ccc(C(=O)NCCNC(C)C)cc1. The molecule has 2 N–H and O–H groups in total. The van der Waals surface area contributed by atoms with E-state index in [1.54, 1.807) is 11.8 Å². The minimum atomic E-state index is -0.0109. The number of hydrogen-bond donors (Lipinski definition) is 2. The van der Waals surface area contributed by atoms with Crippen LogP contribution in [0.3, 0.4) is 0 Å². The van der Waals surface area contributed by atoms with Crippen molar-refractivity contribution < 1.29 is 4.79 Å². The normalized spacial score (nSPS) is 10.6. The molecule has 0 saturated carbocycles. The third kappa shape index (κ3) is 5.24. The summed E-state index contributed by atoms with van der Waals surface area (Å²) in [6.45, 7) is 5.62. The van der Waals surface area contributed by atoms with Crippen LogP contribution in [0.4, 0.5) is 0 Å². The summed E-state index contributed by atoms with van der Waals surface area (Å²) < 4.78 is 0. The zero-order chi connectivity index (χ0) is 12.7. The molecule has 1 aromatic rings. The first-order valence-corrected chi connectivity index (χ1v) is 7.01. The number of carbonyl (C=O) groups excluding carboxylic acids is 1. The number of carbonyl (C=O) groups is 1. The maximum absolute atomic E-state index is 11.7. The van der Waals surface area contributed by atoms with E-state index in [9.17, 15) is 4.79 Å². The number of benzene rings is 1. The molecule has 1 rings (SSSR count). The van der Waals surface area contributed by atoms with E-state index < -0.39 is 0 Å². The van der Waals surface area contributed by atoms with Crippen molar-refractivity contribution >= 4 is 17.7 Å². The van der Waals surface area contributed by atoms with Crippen LogP contribution in [-0.4, -0.2) is 31.3 Å². The Morgan fingerprint density at radius 2 is 1.88 bits per heavy atom. The number of amides is 1. The highest BCUT2D eigenvalue weighted by atomic mass is 32.2. The number of hydrogen-bond acceptors (Lipinski definition) is 3. The van der Waals surface area contributed by atoms with Crippen LogP contribution in [0.5, 0.6) is 0 Å². The Morgan fingerprint density at radius 1 is 1.24 bits per heavy atom. The smallest absolute Gasteiger partial charge is 0.251 e. The molecule has 0 aromatic heterocycles. The lowest BCUT2D eigenvalue weighted by molar-refractivity contribution is 0.0953. The van der Waals surface area contributed by atoms with Crippen LogP contribution >= 0.6 is 11.8 Å². The lowest BCUT2D eigenvalue weighted by Crippen LogP contribution is -2.34. The summed E-state index contributed by atoms with van der Waals surface area (Å²) in [4.78, 5) is 12.9. The molecule has 4 heteroatoms. The third-order valence-electron chi connectivity index (χ3n) is 2.32. The van der Waals surface area contributed by atoms with Gasteiger partial charge in [-0.3, -0.25) is 4.79 Å². The largest absolute Gasteiger partial charge is 0.351 e. The van der Waals surface area contributed by atoms with Gasteiger partial charge in [0.2, 0.25) is 0 Å². The van der Waals surface area contributed by atoms with Crippen LogP contribution in [0.1, 0.15) is 24.2 Å². The Kier molecular flexibility index (Phi) is 6.08. The molecule has 94 valence electrons. The summed E-state index contributed by atoms with van der Waals surface area (Å²) in [6, 6.07) is 8.10. The van der Waals surface area contributed by atoms with E-state index in [1.165, 1.54) is 4.90 Å². The molecule has 0 aliphatic rings. The van der Waals surface area contributed by atoms with Crippen molar-refractivity contribution in [3.8, 4) is 0 Å². The molecule has 0 atom stereocenters. The predicted octanol–water partition coefficient (Wildman–Crippen LogP) is 2.14. The maximum Gasteiger partial charge on any atom is 0.251 e. The molecule has 0 spiro atoms. The average Bonchev–Trinajstić information content (AvgIpc) is 2.34. The van der Waals surface area contributed by atoms with Crippen molar-refractivity contribution in [1.29, 1.82) is 0 Å². The van der Waals surface area contributed by atoms with E-state index in [2.05, 4.69) is 24.5 Å². The van der Waals surface area contributed by atoms with Crippen LogP contribution in [0.15, 0.2) is 29.2 Å². The van der Waals surface area contributed by atoms with E-state index in [0.717, 1.165) is 6.54 Å². The first-order valence-electron chi connectivity index (χ1n) is 5.79. The number of nitrogens with one attached hydrogen (secondary N) is 2. The van der Waals surface area contributed by atoms with Gasteiger partial charge in [0.25, 0.3) is 5.91 Å². The molecule has 17 heavy (non-hydrogen) atoms. The second-order valence-corrected chi connectivity index (χ2v) is 4.97. The molecule has 3 nitrogen and oxygen atoms in total. The van der Waals surface area contributed by atoms with Crippen LogP contribution in [0, 0.1) is 0 Å². The minimum absolute atomic E-state index is 0.0109. The Morgan fingerprint density at radius 3 is 2.41 bits per heavy atom. The minimum Gasteiger partial charge on any atom is -0.351 e. The van der Waals surface area contributed by atoms with E-state index >= 15 is 0 Å². The fraction of sp³-hybridized carbons (Fsp3) is 0.462. The number of thioether (sulfide) groups is 1. The molecule has 1 aromatic carbocycles. The Labute approximate surface area is 107 Å². The highest BCUT2D eigenvalue weighted by Gasteiger charge is 2.04. The van der Waals surface area contributed by atoms with E-state index in [0.29, 0.717) is 18.2 Å². The van der Waals surface area contributed by atoms with Gasteiger partial charge in [0.05, 0.1) is 0 Å². The van der Waals surface area contributed by atoms with Crippen molar-refractivity contribution in [2.75, 3.05) is 19.3 Å². The van der Waals surface area contributed by atoms with Gasteiger partial charge in [-0.05, 0) is 30.5 Å². The van der Waals surface area contributed by atoms with Gasteiger partial charge in [0.15, 0.2) is 0 Å². The van der Waals surface area contributed by atoms with Crippen molar-refractivity contribution in [3.05, 3.63) is 29.8 Å². The molecule has 0 heterocycles. The molecule has 0 aliphatic carbocycles. The molecule has 0 saturated heterocycles. The summed E-state index contributed by atoms with van der Waals surface area (Å²) in [5, 5.41) is 6.14. The zero-order valence-corrected chi connectivity index (χ0v) is 11.4. The molecule has 1 amide bonds. The standard InChI is InChI=1S/C13H20N2OS/c1-10(2)14-8-9-15-13(16)11-4-6-12(17-3)7-5-11/h4-7,10,14H,8-9H2,1-3H3,(H,15,16). The lowest BCUT2D eigenvalue weighted by atomic mass is 10.2. The van der Waals surface area contributed by atoms with E-state index in [1.807, 2.05) is 30.5 Å². The topological polar surface area (TPSA) is 41.1 Å². The predicted molar refractivity (Wildman–Crippen MR) is 73.7 cm³/mol. The summed E-state index contributed by atoms with van der Waals surface area (Å²) in [6.07, 6.45) is 2.02. The summed E-state index contributed by atoms with van der Waals surface area (Å²) in [5.41, 5.74) is 0.715. The van der Waals surface area contributed by atoms with E-state index in [-0.39, 0.29) is 5.91 Å². The van der Waals surface area contributed by atoms with Crippen LogP contribution in [0.25, 0.3) is 0 Å². The van der Waals surface area contributed by atoms with Gasteiger partial charge in [-0.25, -0.2) is 0 Å². The monoisotopic (exact) mass is 252 g/mol. The van der Waals surface area contributed by atoms with E-state index in [4.69, 9.17) is 0 Å². The second-order valence-electron chi connectivity index (χ2n) is 4.09. The molecule has 0 fully saturated rings. The van der Waals surface area contributed by atoms with Gasteiger partial charge >= 0.3 is 0 Å². The van der Waals surface area contributed by atoms with Gasteiger partial charge in [-0.1, -0.05) is 13.8 Å². The van der Waals surface area contributed by atoms with Crippen molar-refractivity contribution in [3.63, 3.8) is 0 Å². The first-order chi connectivity index (χ1) is 8.13. The number of rotatable bonds is 6. The fourth-order valence-electron chi connectivity index (χ4n) is 1.38. The summed E-state index contributed by atoms with van der Waals surface area (Å²) in [7, 11) is 0. The van der Waals surface area contributed by atoms with Gasteiger partial charge in [-0.2, -0.15) is 0 Å². The molecule has 0 unspecified atom stereocenters. The molecular weight excluding hydrogens is 232 g/mol. The fourth-order valence-corrected chi connectivity index (χ4v) is 1.79. The van der Waals surface area contributed by atoms with Crippen LogP contribution in [-0.2, 0) is 0 Å². The Bertz CT molecular complexity index is 349. The van der Waals surface area contributed by atoms with Gasteiger partial charge < -0.3 is 10.6 Å². The highest BCUT2D eigenvalue weighted by molar-refractivity contribution is 7.98. The van der Waals surface area contributed by atoms with Crippen molar-refractivity contribution in [1.82, 2.24) is 10.6 Å². The lowest BCUT2D eigenvalue weighted by Gasteiger charge is -2.09. The molecule has 0 radical (unpaired) electrons. The second kappa shape index (κ2) is 7.35. The van der Waals surface area contributed by atoms with Gasteiger partial charge in [-0.15, -0.1) is 11.8 Å². The third-order valence-corrected chi connectivity index (χ3v) is 3.06. The van der Waals surface area contributed by atoms with Crippen LogP contribution < -0.4 is 10.6 Å². The first kappa shape index (κ1) is 14.1. The zero-order valence-electron chi connectivity index (χ0n) is 10.6. The Balaban J connectivity index is 2.36.